The number of halogens is 2. The molecule has 0 saturated heterocycles. The number of nitrogens with zero attached hydrogens (tertiary/aromatic N) is 1. The number of hydrogen-bond donors (Lipinski definition) is 0. The number of anilines is 1. The Morgan fingerprint density at radius 2 is 2.00 bits per heavy atom. The van der Waals surface area contributed by atoms with Crippen LogP contribution in [0.3, 0.4) is 0 Å². The Kier molecular flexibility index (Phi) is 4.77. The molecule has 2 atom stereocenters. The Balaban J connectivity index is 1.77. The number of amides is 1. The summed E-state index contributed by atoms with van der Waals surface area (Å²) in [5.74, 6) is -2.00. The van der Waals surface area contributed by atoms with E-state index in [-0.39, 0.29) is 22.5 Å². The predicted molar refractivity (Wildman–Crippen MR) is 93.4 cm³/mol. The molecule has 25 heavy (non-hydrogen) atoms. The fourth-order valence-electron chi connectivity index (χ4n) is 3.03. The van der Waals surface area contributed by atoms with E-state index in [1.165, 1.54) is 19.1 Å². The first-order chi connectivity index (χ1) is 11.9. The standard InChI is InChI=1S/C19H17ClFNO3/c1-11-9-13-5-3-4-6-17(13)22(11)18(23)12(2)25-19(24)15-10-14(20)7-8-16(15)21/h3-8,10-12H,9H2,1-2H3/t11-,12+/m0/s1. The molecule has 0 saturated carbocycles. The highest BCUT2D eigenvalue weighted by atomic mass is 35.5. The number of carbonyl (C=O) groups excluding carboxylic acids is 2. The molecule has 4 nitrogen and oxygen atoms in total. The molecule has 130 valence electrons. The van der Waals surface area contributed by atoms with Gasteiger partial charge in [-0.15, -0.1) is 0 Å². The number of para-hydroxylation sites is 1. The summed E-state index contributed by atoms with van der Waals surface area (Å²) < 4.78 is 19.0. The predicted octanol–water partition coefficient (Wildman–Crippen LogP) is 4.00. The number of benzene rings is 2. The molecule has 1 heterocycles. The zero-order valence-corrected chi connectivity index (χ0v) is 14.6. The van der Waals surface area contributed by atoms with Crippen LogP contribution in [-0.4, -0.2) is 24.0 Å². The lowest BCUT2D eigenvalue weighted by atomic mass is 10.1. The Morgan fingerprint density at radius 1 is 1.28 bits per heavy atom. The van der Waals surface area contributed by atoms with E-state index in [0.29, 0.717) is 0 Å². The second kappa shape index (κ2) is 6.84. The summed E-state index contributed by atoms with van der Waals surface area (Å²) in [7, 11) is 0. The van der Waals surface area contributed by atoms with E-state index in [9.17, 15) is 14.0 Å². The molecule has 1 amide bonds. The van der Waals surface area contributed by atoms with Gasteiger partial charge in [0.25, 0.3) is 5.91 Å². The van der Waals surface area contributed by atoms with Crippen LogP contribution in [0.5, 0.6) is 0 Å². The third kappa shape index (κ3) is 3.37. The minimum Gasteiger partial charge on any atom is -0.449 e. The molecule has 0 bridgehead atoms. The lowest BCUT2D eigenvalue weighted by Gasteiger charge is -2.26. The molecule has 2 aromatic carbocycles. The number of ether oxygens (including phenoxy) is 1. The lowest BCUT2D eigenvalue weighted by molar-refractivity contribution is -0.126. The molecule has 0 fully saturated rings. The van der Waals surface area contributed by atoms with Crippen molar-refractivity contribution < 1.29 is 18.7 Å². The van der Waals surface area contributed by atoms with Crippen molar-refractivity contribution >= 4 is 29.2 Å². The van der Waals surface area contributed by atoms with Gasteiger partial charge in [0.05, 0.1) is 5.56 Å². The molecule has 3 rings (SSSR count). The minimum atomic E-state index is -1.04. The largest absolute Gasteiger partial charge is 0.449 e. The number of carbonyl (C=O) groups is 2. The van der Waals surface area contributed by atoms with E-state index < -0.39 is 17.9 Å². The van der Waals surface area contributed by atoms with E-state index in [0.717, 1.165) is 23.7 Å². The van der Waals surface area contributed by atoms with E-state index in [4.69, 9.17) is 16.3 Å². The maximum Gasteiger partial charge on any atom is 0.341 e. The number of hydrogen-bond acceptors (Lipinski definition) is 3. The Labute approximate surface area is 150 Å². The van der Waals surface area contributed by atoms with Crippen molar-refractivity contribution in [3.63, 3.8) is 0 Å². The van der Waals surface area contributed by atoms with E-state index in [2.05, 4.69) is 0 Å². The first-order valence-electron chi connectivity index (χ1n) is 7.95. The monoisotopic (exact) mass is 361 g/mol. The minimum absolute atomic E-state index is 0.0334. The molecule has 0 unspecified atom stereocenters. The zero-order valence-electron chi connectivity index (χ0n) is 13.8. The molecule has 0 aliphatic carbocycles. The van der Waals surface area contributed by atoms with Gasteiger partial charge in [-0.2, -0.15) is 0 Å². The van der Waals surface area contributed by atoms with Crippen molar-refractivity contribution in [1.29, 1.82) is 0 Å². The van der Waals surface area contributed by atoms with Crippen molar-refractivity contribution in [2.75, 3.05) is 4.90 Å². The molecule has 2 aromatic rings. The zero-order chi connectivity index (χ0) is 18.1. The van der Waals surface area contributed by atoms with Crippen molar-refractivity contribution in [2.24, 2.45) is 0 Å². The average Bonchev–Trinajstić information content (AvgIpc) is 2.91. The van der Waals surface area contributed by atoms with Gasteiger partial charge < -0.3 is 9.64 Å². The molecular weight excluding hydrogens is 345 g/mol. The fraction of sp³-hybridized carbons (Fsp3) is 0.263. The summed E-state index contributed by atoms with van der Waals surface area (Å²) in [5, 5.41) is 0.217. The quantitative estimate of drug-likeness (QED) is 0.776. The summed E-state index contributed by atoms with van der Waals surface area (Å²) in [4.78, 5) is 26.6. The van der Waals surface area contributed by atoms with Gasteiger partial charge in [-0.05, 0) is 50.1 Å². The summed E-state index contributed by atoms with van der Waals surface area (Å²) >= 11 is 5.79. The van der Waals surface area contributed by atoms with Crippen molar-refractivity contribution in [3.05, 3.63) is 64.4 Å². The molecule has 6 heteroatoms. The summed E-state index contributed by atoms with van der Waals surface area (Å²) in [6.07, 6.45) is -0.301. The van der Waals surface area contributed by atoms with Crippen molar-refractivity contribution in [3.8, 4) is 0 Å². The average molecular weight is 362 g/mol. The summed E-state index contributed by atoms with van der Waals surface area (Å²) in [6.45, 7) is 3.42. The summed E-state index contributed by atoms with van der Waals surface area (Å²) in [6, 6.07) is 11.2. The lowest BCUT2D eigenvalue weighted by Crippen LogP contribution is -2.43. The first-order valence-corrected chi connectivity index (χ1v) is 8.33. The van der Waals surface area contributed by atoms with Gasteiger partial charge in [0.2, 0.25) is 0 Å². The smallest absolute Gasteiger partial charge is 0.341 e. The third-order valence-electron chi connectivity index (χ3n) is 4.22. The SMILES string of the molecule is C[C@@H](OC(=O)c1cc(Cl)ccc1F)C(=O)N1c2ccccc2C[C@@H]1C. The van der Waals surface area contributed by atoms with E-state index in [1.54, 1.807) is 4.90 Å². The van der Waals surface area contributed by atoms with Crippen LogP contribution < -0.4 is 4.90 Å². The fourth-order valence-corrected chi connectivity index (χ4v) is 3.20. The maximum atomic E-state index is 13.8. The molecule has 0 aromatic heterocycles. The molecule has 1 aliphatic rings. The van der Waals surface area contributed by atoms with Gasteiger partial charge in [0.15, 0.2) is 6.10 Å². The van der Waals surface area contributed by atoms with Crippen LogP contribution in [0.2, 0.25) is 5.02 Å². The van der Waals surface area contributed by atoms with Gasteiger partial charge in [-0.3, -0.25) is 4.79 Å². The van der Waals surface area contributed by atoms with Gasteiger partial charge in [-0.1, -0.05) is 29.8 Å². The highest BCUT2D eigenvalue weighted by Gasteiger charge is 2.34. The number of fused-ring (bicyclic) bond motifs is 1. The topological polar surface area (TPSA) is 46.6 Å². The van der Waals surface area contributed by atoms with Crippen LogP contribution in [0, 0.1) is 5.82 Å². The second-order valence-electron chi connectivity index (χ2n) is 6.06. The summed E-state index contributed by atoms with van der Waals surface area (Å²) in [5.41, 5.74) is 1.60. The van der Waals surface area contributed by atoms with Crippen LogP contribution >= 0.6 is 11.6 Å². The molecule has 0 N–H and O–H groups in total. The molecule has 0 radical (unpaired) electrons. The van der Waals surface area contributed by atoms with E-state index >= 15 is 0 Å². The van der Waals surface area contributed by atoms with Crippen LogP contribution in [0.25, 0.3) is 0 Å². The number of rotatable bonds is 3. The van der Waals surface area contributed by atoms with Crippen molar-refractivity contribution in [2.45, 2.75) is 32.4 Å². The highest BCUT2D eigenvalue weighted by molar-refractivity contribution is 6.30. The third-order valence-corrected chi connectivity index (χ3v) is 4.46. The Bertz CT molecular complexity index is 839. The molecule has 0 spiro atoms. The molecule has 1 aliphatic heterocycles. The second-order valence-corrected chi connectivity index (χ2v) is 6.50. The van der Waals surface area contributed by atoms with Gasteiger partial charge in [0, 0.05) is 16.8 Å². The van der Waals surface area contributed by atoms with Gasteiger partial charge in [0.1, 0.15) is 5.82 Å². The Morgan fingerprint density at radius 3 is 2.76 bits per heavy atom. The van der Waals surface area contributed by atoms with Crippen LogP contribution in [-0.2, 0) is 16.0 Å². The van der Waals surface area contributed by atoms with E-state index in [1.807, 2.05) is 31.2 Å². The number of esters is 1. The normalized spacial score (nSPS) is 17.1. The first kappa shape index (κ1) is 17.4. The maximum absolute atomic E-state index is 13.8. The van der Waals surface area contributed by atoms with Crippen molar-refractivity contribution in [1.82, 2.24) is 0 Å². The van der Waals surface area contributed by atoms with Crippen LogP contribution in [0.1, 0.15) is 29.8 Å². The van der Waals surface area contributed by atoms with Gasteiger partial charge >= 0.3 is 5.97 Å². The highest BCUT2D eigenvalue weighted by Crippen LogP contribution is 2.32. The van der Waals surface area contributed by atoms with Crippen LogP contribution in [0.15, 0.2) is 42.5 Å². The Hall–Kier alpha value is -2.40. The van der Waals surface area contributed by atoms with Crippen LogP contribution in [0.4, 0.5) is 10.1 Å². The van der Waals surface area contributed by atoms with Gasteiger partial charge in [-0.25, -0.2) is 9.18 Å². The molecular formula is C19H17ClFNO3.